The summed E-state index contributed by atoms with van der Waals surface area (Å²) in [6.07, 6.45) is 1.49. The Morgan fingerprint density at radius 3 is 2.35 bits per heavy atom. The Morgan fingerprint density at radius 1 is 1.15 bits per heavy atom. The Kier molecular flexibility index (Phi) is 4.10. The number of benzene rings is 2. The normalized spacial score (nSPS) is 10.2. The second-order valence-corrected chi connectivity index (χ2v) is 3.93. The maximum atomic E-state index is 11.9. The summed E-state index contributed by atoms with van der Waals surface area (Å²) < 4.78 is 5.21. The van der Waals surface area contributed by atoms with Crippen LogP contribution >= 0.6 is 0 Å². The smallest absolute Gasteiger partial charge is 0.343 e. The molecule has 5 heteroatoms. The van der Waals surface area contributed by atoms with Crippen LogP contribution in [-0.2, 0) is 0 Å². The van der Waals surface area contributed by atoms with Crippen molar-refractivity contribution in [2.45, 2.75) is 0 Å². The SMILES string of the molecule is N#Cc1ccc(C(=O)Oc2ccc(C=NN)cc2)cc1. The van der Waals surface area contributed by atoms with Crippen LogP contribution in [-0.4, -0.2) is 12.2 Å². The standard InChI is InChI=1S/C15H11N3O2/c16-9-11-1-5-13(6-2-11)15(19)20-14-7-3-12(4-8-14)10-18-17/h1-8,10H,17H2. The van der Waals surface area contributed by atoms with Crippen LogP contribution < -0.4 is 10.6 Å². The van der Waals surface area contributed by atoms with Gasteiger partial charge in [-0.05, 0) is 54.1 Å². The van der Waals surface area contributed by atoms with Crippen molar-refractivity contribution < 1.29 is 9.53 Å². The van der Waals surface area contributed by atoms with Crippen LogP contribution in [0.15, 0.2) is 53.6 Å². The molecule has 0 fully saturated rings. The molecule has 0 atom stereocenters. The Hall–Kier alpha value is -3.13. The van der Waals surface area contributed by atoms with Gasteiger partial charge in [0.05, 0.1) is 23.4 Å². The van der Waals surface area contributed by atoms with Gasteiger partial charge in [-0.1, -0.05) is 0 Å². The van der Waals surface area contributed by atoms with E-state index in [9.17, 15) is 4.79 Å². The van der Waals surface area contributed by atoms with Crippen LogP contribution in [0.25, 0.3) is 0 Å². The van der Waals surface area contributed by atoms with Gasteiger partial charge in [-0.25, -0.2) is 4.79 Å². The van der Waals surface area contributed by atoms with E-state index in [1.807, 2.05) is 6.07 Å². The summed E-state index contributed by atoms with van der Waals surface area (Å²) in [6, 6.07) is 15.0. The molecule has 5 nitrogen and oxygen atoms in total. The fourth-order valence-corrected chi connectivity index (χ4v) is 1.55. The molecule has 0 heterocycles. The predicted octanol–water partition coefficient (Wildman–Crippen LogP) is 2.07. The van der Waals surface area contributed by atoms with Crippen LogP contribution in [0.5, 0.6) is 5.75 Å². The molecule has 0 aliphatic carbocycles. The molecule has 2 rings (SSSR count). The zero-order valence-electron chi connectivity index (χ0n) is 10.5. The Morgan fingerprint density at radius 2 is 1.80 bits per heavy atom. The van der Waals surface area contributed by atoms with Crippen molar-refractivity contribution >= 4 is 12.2 Å². The zero-order chi connectivity index (χ0) is 14.4. The monoisotopic (exact) mass is 265 g/mol. The summed E-state index contributed by atoms with van der Waals surface area (Å²) in [5, 5.41) is 12.1. The predicted molar refractivity (Wildman–Crippen MR) is 74.3 cm³/mol. The van der Waals surface area contributed by atoms with Crippen molar-refractivity contribution in [3.8, 4) is 11.8 Å². The Labute approximate surface area is 115 Å². The lowest BCUT2D eigenvalue weighted by molar-refractivity contribution is 0.0735. The largest absolute Gasteiger partial charge is 0.423 e. The molecule has 0 aromatic heterocycles. The molecule has 2 aromatic rings. The van der Waals surface area contributed by atoms with Crippen LogP contribution in [0.4, 0.5) is 0 Å². The molecular formula is C15H11N3O2. The number of nitriles is 1. The molecule has 0 aliphatic rings. The van der Waals surface area contributed by atoms with E-state index in [-0.39, 0.29) is 0 Å². The molecule has 2 aromatic carbocycles. The first-order valence-corrected chi connectivity index (χ1v) is 5.78. The van der Waals surface area contributed by atoms with Gasteiger partial charge in [0.25, 0.3) is 0 Å². The summed E-state index contributed by atoms with van der Waals surface area (Å²) in [6.45, 7) is 0. The van der Waals surface area contributed by atoms with Crippen LogP contribution in [0.2, 0.25) is 0 Å². The highest BCUT2D eigenvalue weighted by molar-refractivity contribution is 5.91. The summed E-state index contributed by atoms with van der Waals surface area (Å²) in [5.41, 5.74) is 1.69. The maximum absolute atomic E-state index is 11.9. The third kappa shape index (κ3) is 3.21. The van der Waals surface area contributed by atoms with Crippen molar-refractivity contribution in [1.29, 1.82) is 5.26 Å². The van der Waals surface area contributed by atoms with E-state index in [4.69, 9.17) is 15.8 Å². The molecular weight excluding hydrogens is 254 g/mol. The van der Waals surface area contributed by atoms with E-state index in [2.05, 4.69) is 5.10 Å². The second kappa shape index (κ2) is 6.16. The summed E-state index contributed by atoms with van der Waals surface area (Å²) in [7, 11) is 0. The number of nitrogens with two attached hydrogens (primary N) is 1. The van der Waals surface area contributed by atoms with Gasteiger partial charge in [0.15, 0.2) is 0 Å². The summed E-state index contributed by atoms with van der Waals surface area (Å²) in [4.78, 5) is 11.9. The first-order valence-electron chi connectivity index (χ1n) is 5.78. The average Bonchev–Trinajstić information content (AvgIpc) is 2.49. The van der Waals surface area contributed by atoms with Crippen molar-refractivity contribution in [1.82, 2.24) is 0 Å². The van der Waals surface area contributed by atoms with Gasteiger partial charge >= 0.3 is 5.97 Å². The highest BCUT2D eigenvalue weighted by Crippen LogP contribution is 2.14. The Balaban J connectivity index is 2.08. The fraction of sp³-hybridized carbons (Fsp3) is 0. The minimum absolute atomic E-state index is 0.386. The molecule has 20 heavy (non-hydrogen) atoms. The number of hydrogen-bond donors (Lipinski definition) is 1. The van der Waals surface area contributed by atoms with Gasteiger partial charge in [-0.3, -0.25) is 0 Å². The van der Waals surface area contributed by atoms with E-state index in [1.165, 1.54) is 6.21 Å². The fourth-order valence-electron chi connectivity index (χ4n) is 1.55. The molecule has 2 N–H and O–H groups in total. The third-order valence-corrected chi connectivity index (χ3v) is 2.56. The van der Waals surface area contributed by atoms with Crippen LogP contribution in [0.1, 0.15) is 21.5 Å². The van der Waals surface area contributed by atoms with Crippen molar-refractivity contribution in [3.63, 3.8) is 0 Å². The lowest BCUT2D eigenvalue weighted by atomic mass is 10.1. The summed E-state index contributed by atoms with van der Waals surface area (Å²) in [5.74, 6) is 4.99. The zero-order valence-corrected chi connectivity index (χ0v) is 10.5. The molecule has 0 unspecified atom stereocenters. The number of rotatable bonds is 3. The first kappa shape index (κ1) is 13.3. The van der Waals surface area contributed by atoms with Gasteiger partial charge in [-0.2, -0.15) is 10.4 Å². The molecule has 0 amide bonds. The third-order valence-electron chi connectivity index (χ3n) is 2.56. The molecule has 0 radical (unpaired) electrons. The lowest BCUT2D eigenvalue weighted by Gasteiger charge is -2.04. The maximum Gasteiger partial charge on any atom is 0.343 e. The van der Waals surface area contributed by atoms with Crippen LogP contribution in [0, 0.1) is 11.3 Å². The van der Waals surface area contributed by atoms with E-state index in [0.717, 1.165) is 5.56 Å². The van der Waals surface area contributed by atoms with E-state index >= 15 is 0 Å². The van der Waals surface area contributed by atoms with E-state index < -0.39 is 5.97 Å². The average molecular weight is 265 g/mol. The van der Waals surface area contributed by atoms with Gasteiger partial charge in [0.1, 0.15) is 5.75 Å². The summed E-state index contributed by atoms with van der Waals surface area (Å²) >= 11 is 0. The number of esters is 1. The quantitative estimate of drug-likeness (QED) is 0.302. The van der Waals surface area contributed by atoms with Gasteiger partial charge < -0.3 is 10.6 Å². The number of nitrogens with zero attached hydrogens (tertiary/aromatic N) is 2. The van der Waals surface area contributed by atoms with Gasteiger partial charge in [0, 0.05) is 0 Å². The highest BCUT2D eigenvalue weighted by Gasteiger charge is 2.08. The van der Waals surface area contributed by atoms with Crippen molar-refractivity contribution in [2.24, 2.45) is 10.9 Å². The minimum atomic E-state index is -0.477. The molecule has 0 saturated carbocycles. The number of carbonyl (C=O) groups excluding carboxylic acids is 1. The topological polar surface area (TPSA) is 88.5 Å². The minimum Gasteiger partial charge on any atom is -0.423 e. The number of hydrogen-bond acceptors (Lipinski definition) is 5. The molecule has 0 saturated heterocycles. The first-order chi connectivity index (χ1) is 9.72. The number of ether oxygens (including phenoxy) is 1. The Bertz CT molecular complexity index is 668. The molecule has 98 valence electrons. The molecule has 0 bridgehead atoms. The number of hydrazone groups is 1. The second-order valence-electron chi connectivity index (χ2n) is 3.93. The van der Waals surface area contributed by atoms with Gasteiger partial charge in [-0.15, -0.1) is 0 Å². The van der Waals surface area contributed by atoms with E-state index in [1.54, 1.807) is 48.5 Å². The molecule has 0 aliphatic heterocycles. The highest BCUT2D eigenvalue weighted by atomic mass is 16.5. The molecule has 0 spiro atoms. The number of carbonyl (C=O) groups is 1. The van der Waals surface area contributed by atoms with Crippen molar-refractivity contribution in [2.75, 3.05) is 0 Å². The lowest BCUT2D eigenvalue weighted by Crippen LogP contribution is -2.08. The van der Waals surface area contributed by atoms with Crippen molar-refractivity contribution in [3.05, 3.63) is 65.2 Å². The van der Waals surface area contributed by atoms with Crippen LogP contribution in [0.3, 0.4) is 0 Å². The van der Waals surface area contributed by atoms with E-state index in [0.29, 0.717) is 16.9 Å². The van der Waals surface area contributed by atoms with Gasteiger partial charge in [0.2, 0.25) is 0 Å².